The molecule has 110 valence electrons. The average molecular weight is 340 g/mol. The molecule has 0 nitrogen and oxygen atoms in total. The summed E-state index contributed by atoms with van der Waals surface area (Å²) in [6.07, 6.45) is 0. The van der Waals surface area contributed by atoms with Gasteiger partial charge in [0.15, 0.2) is 0 Å². The molecule has 2 aromatic rings. The third kappa shape index (κ3) is 3.76. The zero-order chi connectivity index (χ0) is 14.7. The number of rotatable bonds is 3. The molecule has 2 aromatic carbocycles. The lowest BCUT2D eigenvalue weighted by Gasteiger charge is -2.30. The van der Waals surface area contributed by atoms with Crippen molar-refractivity contribution in [2.75, 3.05) is 10.2 Å². The van der Waals surface area contributed by atoms with E-state index in [4.69, 9.17) is 0 Å². The highest BCUT2D eigenvalue weighted by Gasteiger charge is 2.28. The largest absolute Gasteiger partial charge is 0.207 e. The highest BCUT2D eigenvalue weighted by Crippen LogP contribution is 2.46. The lowest BCUT2D eigenvalue weighted by atomic mass is 9.93. The van der Waals surface area contributed by atoms with E-state index in [1.54, 1.807) is 0 Å². The van der Waals surface area contributed by atoms with E-state index in [9.17, 15) is 8.78 Å². The van der Waals surface area contributed by atoms with Crippen LogP contribution in [-0.2, 0) is 0 Å². The summed E-state index contributed by atoms with van der Waals surface area (Å²) in [4.78, 5) is 0. The molecule has 3 rings (SSSR count). The Hall–Kier alpha value is -0.650. The van der Waals surface area contributed by atoms with E-state index in [1.165, 1.54) is 24.3 Å². The minimum atomic E-state index is -0.226. The van der Waals surface area contributed by atoms with Gasteiger partial charge in [0.1, 0.15) is 11.6 Å². The molecule has 21 heavy (non-hydrogen) atoms. The van der Waals surface area contributed by atoms with Crippen molar-refractivity contribution < 1.29 is 8.78 Å². The van der Waals surface area contributed by atoms with Crippen molar-refractivity contribution in [2.45, 2.75) is 10.5 Å². The van der Waals surface area contributed by atoms with Gasteiger partial charge >= 0.3 is 0 Å². The van der Waals surface area contributed by atoms with Gasteiger partial charge in [0.25, 0.3) is 0 Å². The van der Waals surface area contributed by atoms with Gasteiger partial charge in [-0.1, -0.05) is 24.3 Å². The highest BCUT2D eigenvalue weighted by atomic mass is 32.3. The highest BCUT2D eigenvalue weighted by molar-refractivity contribution is 8.32. The first kappa shape index (κ1) is 15.3. The number of halogens is 2. The minimum Gasteiger partial charge on any atom is -0.207 e. The van der Waals surface area contributed by atoms with Gasteiger partial charge in [0, 0.05) is 16.1 Å². The van der Waals surface area contributed by atoms with Crippen LogP contribution in [-0.4, -0.2) is 14.8 Å². The van der Waals surface area contributed by atoms with Gasteiger partial charge in [-0.3, -0.25) is 0 Å². The maximum atomic E-state index is 13.2. The molecule has 0 bridgehead atoms. The topological polar surface area (TPSA) is 0 Å². The summed E-state index contributed by atoms with van der Waals surface area (Å²) in [5.74, 6) is -0.297. The summed E-state index contributed by atoms with van der Waals surface area (Å²) in [5.41, 5.74) is 2.17. The van der Waals surface area contributed by atoms with Gasteiger partial charge in [-0.05, 0) is 35.4 Å². The Labute approximate surface area is 136 Å². The fraction of sp³-hybridized carbons (Fsp3) is 0.250. The molecule has 5 heteroatoms. The second-order valence-corrected chi connectivity index (χ2v) is 9.00. The summed E-state index contributed by atoms with van der Waals surface area (Å²) >= 11 is 5.73. The Morgan fingerprint density at radius 1 is 0.762 bits per heavy atom. The van der Waals surface area contributed by atoms with Crippen molar-refractivity contribution in [1.29, 1.82) is 0 Å². The molecule has 0 unspecified atom stereocenters. The van der Waals surface area contributed by atoms with Crippen LogP contribution in [0, 0.1) is 11.6 Å². The van der Waals surface area contributed by atoms with Crippen LogP contribution in [0.25, 0.3) is 0 Å². The van der Waals surface area contributed by atoms with E-state index in [1.807, 2.05) is 59.6 Å². The van der Waals surface area contributed by atoms with E-state index in [-0.39, 0.29) is 17.6 Å². The molecule has 1 saturated heterocycles. The van der Waals surface area contributed by atoms with Gasteiger partial charge in [0.2, 0.25) is 0 Å². The van der Waals surface area contributed by atoms with E-state index in [0.717, 1.165) is 21.3 Å². The lowest BCUT2D eigenvalue weighted by Crippen LogP contribution is -2.16. The maximum Gasteiger partial charge on any atom is 0.123 e. The SMILES string of the molecule is Fc1ccc(C(c2ccc(F)cc2)C2SCSCS2)cc1. The predicted octanol–water partition coefficient (Wildman–Crippen LogP) is 5.55. The van der Waals surface area contributed by atoms with Gasteiger partial charge < -0.3 is 0 Å². The molecule has 0 aromatic heterocycles. The molecular weight excluding hydrogens is 326 g/mol. The van der Waals surface area contributed by atoms with Crippen LogP contribution in [0.3, 0.4) is 0 Å². The van der Waals surface area contributed by atoms with Crippen LogP contribution < -0.4 is 0 Å². The van der Waals surface area contributed by atoms with Crippen LogP contribution >= 0.6 is 35.3 Å². The van der Waals surface area contributed by atoms with E-state index < -0.39 is 0 Å². The Bertz CT molecular complexity index is 532. The molecule has 0 N–H and O–H groups in total. The fourth-order valence-electron chi connectivity index (χ4n) is 2.35. The molecule has 0 saturated carbocycles. The van der Waals surface area contributed by atoms with E-state index in [0.29, 0.717) is 4.58 Å². The van der Waals surface area contributed by atoms with Crippen LogP contribution in [0.15, 0.2) is 48.5 Å². The molecule has 0 amide bonds. The molecule has 1 heterocycles. The summed E-state index contributed by atoms with van der Waals surface area (Å²) < 4.78 is 26.7. The van der Waals surface area contributed by atoms with Crippen molar-refractivity contribution in [3.63, 3.8) is 0 Å². The van der Waals surface area contributed by atoms with Crippen molar-refractivity contribution >= 4 is 35.3 Å². The Balaban J connectivity index is 1.97. The Morgan fingerprint density at radius 2 is 1.19 bits per heavy atom. The first-order valence-electron chi connectivity index (χ1n) is 6.56. The van der Waals surface area contributed by atoms with Crippen LogP contribution in [0.1, 0.15) is 17.0 Å². The second kappa shape index (κ2) is 7.07. The van der Waals surface area contributed by atoms with Gasteiger partial charge in [0.05, 0.1) is 4.58 Å². The molecule has 0 atom stereocenters. The molecular formula is C16H14F2S3. The lowest BCUT2D eigenvalue weighted by molar-refractivity contribution is 0.625. The predicted molar refractivity (Wildman–Crippen MR) is 90.9 cm³/mol. The normalized spacial score (nSPS) is 16.3. The van der Waals surface area contributed by atoms with Crippen LogP contribution in [0.5, 0.6) is 0 Å². The fourth-order valence-corrected chi connectivity index (χ4v) is 7.48. The molecule has 1 aliphatic rings. The monoisotopic (exact) mass is 340 g/mol. The van der Waals surface area contributed by atoms with Crippen molar-refractivity contribution in [2.24, 2.45) is 0 Å². The second-order valence-electron chi connectivity index (χ2n) is 4.72. The number of hydrogen-bond donors (Lipinski definition) is 0. The maximum absolute atomic E-state index is 13.2. The first-order chi connectivity index (χ1) is 10.2. The zero-order valence-electron chi connectivity index (χ0n) is 11.2. The first-order valence-corrected chi connectivity index (χ1v) is 9.81. The van der Waals surface area contributed by atoms with Crippen molar-refractivity contribution in [3.05, 3.63) is 71.3 Å². The van der Waals surface area contributed by atoms with Gasteiger partial charge in [-0.2, -0.15) is 0 Å². The minimum absolute atomic E-state index is 0.155. The standard InChI is InChI=1S/C16H14F2S3/c17-13-5-1-11(2-6-13)15(16-20-9-19-10-21-16)12-3-7-14(18)8-4-12/h1-8,15-16H,9-10H2. The number of benzene rings is 2. The number of hydrogen-bond acceptors (Lipinski definition) is 3. The summed E-state index contributed by atoms with van der Waals surface area (Å²) in [5, 5.41) is 2.13. The summed E-state index contributed by atoms with van der Waals surface area (Å²) in [7, 11) is 0. The Kier molecular flexibility index (Phi) is 5.14. The number of thioether (sulfide) groups is 3. The third-order valence-corrected chi connectivity index (χ3v) is 7.80. The van der Waals surface area contributed by atoms with E-state index in [2.05, 4.69) is 0 Å². The molecule has 0 spiro atoms. The van der Waals surface area contributed by atoms with Crippen LogP contribution in [0.4, 0.5) is 8.78 Å². The third-order valence-electron chi connectivity index (χ3n) is 3.36. The van der Waals surface area contributed by atoms with Crippen molar-refractivity contribution in [1.82, 2.24) is 0 Å². The van der Waals surface area contributed by atoms with Gasteiger partial charge in [-0.25, -0.2) is 8.78 Å². The average Bonchev–Trinajstić information content (AvgIpc) is 2.52. The van der Waals surface area contributed by atoms with E-state index >= 15 is 0 Å². The Morgan fingerprint density at radius 3 is 1.62 bits per heavy atom. The van der Waals surface area contributed by atoms with Crippen LogP contribution in [0.2, 0.25) is 0 Å². The molecule has 1 fully saturated rings. The smallest absolute Gasteiger partial charge is 0.123 e. The molecule has 1 aliphatic heterocycles. The zero-order valence-corrected chi connectivity index (χ0v) is 13.6. The molecule has 0 radical (unpaired) electrons. The summed E-state index contributed by atoms with van der Waals surface area (Å²) in [6, 6.07) is 13.4. The molecule has 0 aliphatic carbocycles. The summed E-state index contributed by atoms with van der Waals surface area (Å²) in [6.45, 7) is 0. The van der Waals surface area contributed by atoms with Gasteiger partial charge in [-0.15, -0.1) is 35.3 Å². The quantitative estimate of drug-likeness (QED) is 0.719. The van der Waals surface area contributed by atoms with Crippen molar-refractivity contribution in [3.8, 4) is 0 Å².